The molecule has 0 aliphatic carbocycles. The van der Waals surface area contributed by atoms with E-state index < -0.39 is 5.97 Å². The Labute approximate surface area is 89.9 Å². The van der Waals surface area contributed by atoms with Crippen LogP contribution in [0.2, 0.25) is 0 Å². The summed E-state index contributed by atoms with van der Waals surface area (Å²) in [6, 6.07) is 0.305. The minimum Gasteiger partial charge on any atom is -0.481 e. The molecule has 84 valence electrons. The fourth-order valence-corrected chi connectivity index (χ4v) is 1.45. The highest BCUT2D eigenvalue weighted by Gasteiger charge is 2.25. The third kappa shape index (κ3) is 2.81. The molecule has 0 bridgehead atoms. The highest BCUT2D eigenvalue weighted by atomic mass is 16.4. The Kier molecular flexibility index (Phi) is 3.17. The van der Waals surface area contributed by atoms with Crippen molar-refractivity contribution in [2.75, 3.05) is 0 Å². The Morgan fingerprint density at radius 1 is 1.60 bits per heavy atom. The van der Waals surface area contributed by atoms with E-state index in [4.69, 9.17) is 5.11 Å². The molecule has 0 aromatic carbocycles. The molecule has 0 spiro atoms. The molecule has 15 heavy (non-hydrogen) atoms. The van der Waals surface area contributed by atoms with Crippen molar-refractivity contribution in [2.24, 2.45) is 0 Å². The van der Waals surface area contributed by atoms with Gasteiger partial charge in [0.25, 0.3) is 0 Å². The third-order valence-corrected chi connectivity index (χ3v) is 2.51. The molecule has 0 unspecified atom stereocenters. The van der Waals surface area contributed by atoms with Gasteiger partial charge in [0.2, 0.25) is 0 Å². The summed E-state index contributed by atoms with van der Waals surface area (Å²) in [5, 5.41) is 13.0. The van der Waals surface area contributed by atoms with Crippen LogP contribution in [-0.4, -0.2) is 20.9 Å². The molecule has 1 heterocycles. The summed E-state index contributed by atoms with van der Waals surface area (Å²) in [6.07, 6.45) is 3.80. The second-order valence-electron chi connectivity index (χ2n) is 4.76. The molecule has 0 saturated carbocycles. The van der Waals surface area contributed by atoms with Gasteiger partial charge in [-0.2, -0.15) is 5.10 Å². The number of aliphatic carboxylic acids is 1. The molecule has 1 rings (SSSR count). The largest absolute Gasteiger partial charge is 0.481 e. The number of aromatic nitrogens is 2. The van der Waals surface area contributed by atoms with Crippen molar-refractivity contribution < 1.29 is 9.90 Å². The van der Waals surface area contributed by atoms with E-state index in [-0.39, 0.29) is 11.8 Å². The van der Waals surface area contributed by atoms with Crippen molar-refractivity contribution in [1.29, 1.82) is 0 Å². The molecular weight excluding hydrogens is 192 g/mol. The van der Waals surface area contributed by atoms with Crippen LogP contribution in [0.15, 0.2) is 12.4 Å². The first-order valence-corrected chi connectivity index (χ1v) is 5.09. The lowest BCUT2D eigenvalue weighted by molar-refractivity contribution is -0.138. The van der Waals surface area contributed by atoms with Gasteiger partial charge in [-0.1, -0.05) is 13.8 Å². The van der Waals surface area contributed by atoms with Gasteiger partial charge in [0.1, 0.15) is 0 Å². The number of carboxylic acids is 1. The van der Waals surface area contributed by atoms with Crippen LogP contribution < -0.4 is 0 Å². The minimum atomic E-state index is -0.780. The molecule has 0 atom stereocenters. The second kappa shape index (κ2) is 4.04. The Bertz CT molecular complexity index is 353. The monoisotopic (exact) mass is 210 g/mol. The molecule has 1 N–H and O–H groups in total. The fraction of sp³-hybridized carbons (Fsp3) is 0.636. The van der Waals surface area contributed by atoms with E-state index in [9.17, 15) is 4.79 Å². The predicted octanol–water partition coefficient (Wildman–Crippen LogP) is 2.22. The zero-order chi connectivity index (χ0) is 11.6. The second-order valence-corrected chi connectivity index (χ2v) is 4.76. The quantitative estimate of drug-likeness (QED) is 0.829. The molecule has 1 aromatic rings. The number of rotatable bonds is 4. The number of nitrogens with zero attached hydrogens (tertiary/aromatic N) is 2. The Morgan fingerprint density at radius 3 is 2.60 bits per heavy atom. The third-order valence-electron chi connectivity index (χ3n) is 2.51. The zero-order valence-electron chi connectivity index (χ0n) is 9.69. The minimum absolute atomic E-state index is 0.122. The first-order chi connectivity index (χ1) is 6.83. The molecular formula is C11H18N2O2. The van der Waals surface area contributed by atoms with Gasteiger partial charge < -0.3 is 5.11 Å². The van der Waals surface area contributed by atoms with E-state index in [0.29, 0.717) is 6.04 Å². The molecule has 0 aliphatic heterocycles. The molecule has 0 fully saturated rings. The van der Waals surface area contributed by atoms with Crippen LogP contribution in [0.1, 0.15) is 45.7 Å². The topological polar surface area (TPSA) is 55.1 Å². The van der Waals surface area contributed by atoms with Gasteiger partial charge in [-0.3, -0.25) is 9.48 Å². The summed E-state index contributed by atoms with van der Waals surface area (Å²) in [5.74, 6) is -0.780. The fourth-order valence-electron chi connectivity index (χ4n) is 1.45. The SMILES string of the molecule is CC(C)n1cc(C(C)(C)CC(=O)O)cn1. The number of carbonyl (C=O) groups is 1. The summed E-state index contributed by atoms with van der Waals surface area (Å²) in [5.41, 5.74) is 0.609. The van der Waals surface area contributed by atoms with Crippen molar-refractivity contribution in [2.45, 2.75) is 45.6 Å². The van der Waals surface area contributed by atoms with E-state index in [2.05, 4.69) is 5.10 Å². The standard InChI is InChI=1S/C11H18N2O2/c1-8(2)13-7-9(6-12-13)11(3,4)5-10(14)15/h6-8H,5H2,1-4H3,(H,14,15). The lowest BCUT2D eigenvalue weighted by Crippen LogP contribution is -2.21. The number of hydrogen-bond donors (Lipinski definition) is 1. The van der Waals surface area contributed by atoms with Gasteiger partial charge in [-0.05, 0) is 19.4 Å². The van der Waals surface area contributed by atoms with Gasteiger partial charge in [-0.15, -0.1) is 0 Å². The zero-order valence-corrected chi connectivity index (χ0v) is 9.69. The normalized spacial score (nSPS) is 12.1. The van der Waals surface area contributed by atoms with Gasteiger partial charge in [-0.25, -0.2) is 0 Å². The Hall–Kier alpha value is -1.32. The smallest absolute Gasteiger partial charge is 0.304 e. The van der Waals surface area contributed by atoms with Crippen LogP contribution in [0.4, 0.5) is 0 Å². The van der Waals surface area contributed by atoms with Gasteiger partial charge >= 0.3 is 5.97 Å². The van der Waals surface area contributed by atoms with Crippen molar-refractivity contribution in [3.63, 3.8) is 0 Å². The molecule has 1 aromatic heterocycles. The first-order valence-electron chi connectivity index (χ1n) is 5.09. The summed E-state index contributed by atoms with van der Waals surface area (Å²) < 4.78 is 1.85. The molecule has 4 heteroatoms. The van der Waals surface area contributed by atoms with Crippen LogP contribution in [-0.2, 0) is 10.2 Å². The van der Waals surface area contributed by atoms with E-state index >= 15 is 0 Å². The maximum absolute atomic E-state index is 10.7. The van der Waals surface area contributed by atoms with Crippen LogP contribution in [0.5, 0.6) is 0 Å². The maximum atomic E-state index is 10.7. The van der Waals surface area contributed by atoms with E-state index in [1.807, 2.05) is 38.6 Å². The van der Waals surface area contributed by atoms with Crippen LogP contribution >= 0.6 is 0 Å². The summed E-state index contributed by atoms with van der Waals surface area (Å²) in [7, 11) is 0. The van der Waals surface area contributed by atoms with E-state index in [1.165, 1.54) is 0 Å². The first kappa shape index (κ1) is 11.8. The predicted molar refractivity (Wildman–Crippen MR) is 57.9 cm³/mol. The lowest BCUT2D eigenvalue weighted by Gasteiger charge is -2.20. The van der Waals surface area contributed by atoms with Gasteiger partial charge in [0.05, 0.1) is 12.6 Å². The average Bonchev–Trinajstić information content (AvgIpc) is 2.48. The Morgan fingerprint density at radius 2 is 2.20 bits per heavy atom. The van der Waals surface area contributed by atoms with Crippen molar-refractivity contribution in [1.82, 2.24) is 9.78 Å². The Balaban J connectivity index is 2.89. The van der Waals surface area contributed by atoms with Gasteiger partial charge in [0, 0.05) is 17.7 Å². The summed E-state index contributed by atoms with van der Waals surface area (Å²) >= 11 is 0. The summed E-state index contributed by atoms with van der Waals surface area (Å²) in [6.45, 7) is 7.92. The molecule has 0 saturated heterocycles. The van der Waals surface area contributed by atoms with E-state index in [1.54, 1.807) is 6.20 Å². The maximum Gasteiger partial charge on any atom is 0.304 e. The van der Waals surface area contributed by atoms with Crippen LogP contribution in [0.25, 0.3) is 0 Å². The van der Waals surface area contributed by atoms with Crippen LogP contribution in [0.3, 0.4) is 0 Å². The van der Waals surface area contributed by atoms with Crippen molar-refractivity contribution >= 4 is 5.97 Å². The van der Waals surface area contributed by atoms with Crippen molar-refractivity contribution in [3.05, 3.63) is 18.0 Å². The number of hydrogen-bond acceptors (Lipinski definition) is 2. The van der Waals surface area contributed by atoms with Crippen molar-refractivity contribution in [3.8, 4) is 0 Å². The molecule has 0 amide bonds. The van der Waals surface area contributed by atoms with Crippen LogP contribution in [0, 0.1) is 0 Å². The number of carboxylic acid groups (broad SMARTS) is 1. The molecule has 0 aliphatic rings. The highest BCUT2D eigenvalue weighted by molar-refractivity contribution is 5.68. The van der Waals surface area contributed by atoms with E-state index in [0.717, 1.165) is 5.56 Å². The average molecular weight is 210 g/mol. The van der Waals surface area contributed by atoms with Gasteiger partial charge in [0.15, 0.2) is 0 Å². The highest BCUT2D eigenvalue weighted by Crippen LogP contribution is 2.27. The molecule has 4 nitrogen and oxygen atoms in total. The lowest BCUT2D eigenvalue weighted by atomic mass is 9.83. The summed E-state index contributed by atoms with van der Waals surface area (Å²) in [4.78, 5) is 10.7. The molecule has 0 radical (unpaired) electrons.